The molecule has 0 saturated heterocycles. The molecule has 5 heteroatoms. The van der Waals surface area contributed by atoms with Crippen LogP contribution in [0.15, 0.2) is 29.2 Å². The minimum Gasteiger partial charge on any atom is -0.477 e. The van der Waals surface area contributed by atoms with Gasteiger partial charge in [-0.15, -0.1) is 0 Å². The predicted octanol–water partition coefficient (Wildman–Crippen LogP) is 0.621. The van der Waals surface area contributed by atoms with E-state index in [0.717, 1.165) is 0 Å². The lowest BCUT2D eigenvalue weighted by atomic mass is 10.2. The van der Waals surface area contributed by atoms with E-state index >= 15 is 0 Å². The Balaban J connectivity index is 2.86. The van der Waals surface area contributed by atoms with Crippen LogP contribution in [0.3, 0.4) is 0 Å². The van der Waals surface area contributed by atoms with E-state index in [0.29, 0.717) is 5.39 Å². The van der Waals surface area contributed by atoms with E-state index in [-0.39, 0.29) is 11.2 Å². The normalized spacial score (nSPS) is 10.3. The predicted molar refractivity (Wildman–Crippen MR) is 49.3 cm³/mol. The third kappa shape index (κ3) is 1.24. The van der Waals surface area contributed by atoms with Gasteiger partial charge in [0.15, 0.2) is 0 Å². The van der Waals surface area contributed by atoms with E-state index in [4.69, 9.17) is 5.11 Å². The molecule has 2 rings (SSSR count). The average molecular weight is 190 g/mol. The molecule has 0 aliphatic rings. The quantitative estimate of drug-likeness (QED) is 0.690. The lowest BCUT2D eigenvalue weighted by Gasteiger charge is -1.97. The van der Waals surface area contributed by atoms with Gasteiger partial charge in [-0.1, -0.05) is 6.07 Å². The Labute approximate surface area is 78.0 Å². The molecule has 5 nitrogen and oxygen atoms in total. The molecule has 0 spiro atoms. The smallest absolute Gasteiger partial charge is 0.352 e. The highest BCUT2D eigenvalue weighted by atomic mass is 16.4. The molecule has 2 N–H and O–H groups in total. The summed E-state index contributed by atoms with van der Waals surface area (Å²) in [6.07, 6.45) is 1.48. The van der Waals surface area contributed by atoms with Crippen molar-refractivity contribution in [2.45, 2.75) is 0 Å². The van der Waals surface area contributed by atoms with Gasteiger partial charge in [0.2, 0.25) is 0 Å². The number of carbonyl (C=O) groups is 1. The van der Waals surface area contributed by atoms with Gasteiger partial charge in [0, 0.05) is 11.6 Å². The summed E-state index contributed by atoms with van der Waals surface area (Å²) in [5, 5.41) is 9.20. The van der Waals surface area contributed by atoms with Crippen LogP contribution in [0.5, 0.6) is 0 Å². The Morgan fingerprint density at radius 3 is 3.00 bits per heavy atom. The zero-order valence-corrected chi connectivity index (χ0v) is 7.02. The van der Waals surface area contributed by atoms with Crippen LogP contribution in [0, 0.1) is 0 Å². The molecule has 0 aliphatic carbocycles. The molecule has 0 amide bonds. The fraction of sp³-hybridized carbons (Fsp3) is 0. The SMILES string of the molecule is O=C(O)c1cc2cccnc2c(=O)[nH]1. The van der Waals surface area contributed by atoms with E-state index < -0.39 is 11.5 Å². The molecular weight excluding hydrogens is 184 g/mol. The van der Waals surface area contributed by atoms with E-state index in [2.05, 4.69) is 9.97 Å². The first-order valence-corrected chi connectivity index (χ1v) is 3.90. The lowest BCUT2D eigenvalue weighted by Crippen LogP contribution is -2.13. The van der Waals surface area contributed by atoms with Gasteiger partial charge >= 0.3 is 5.97 Å². The van der Waals surface area contributed by atoms with Crippen LogP contribution in [0.4, 0.5) is 0 Å². The van der Waals surface area contributed by atoms with Crippen molar-refractivity contribution in [1.82, 2.24) is 9.97 Å². The van der Waals surface area contributed by atoms with Gasteiger partial charge < -0.3 is 10.1 Å². The molecule has 0 fully saturated rings. The van der Waals surface area contributed by atoms with Crippen LogP contribution in [0.2, 0.25) is 0 Å². The molecule has 2 aromatic heterocycles. The maximum atomic E-state index is 11.3. The van der Waals surface area contributed by atoms with Gasteiger partial charge in [-0.2, -0.15) is 0 Å². The molecule has 0 unspecified atom stereocenters. The van der Waals surface area contributed by atoms with Crippen LogP contribution in [0.1, 0.15) is 10.5 Å². The molecule has 2 aromatic rings. The van der Waals surface area contributed by atoms with E-state index in [1.165, 1.54) is 12.3 Å². The summed E-state index contributed by atoms with van der Waals surface area (Å²) in [5.41, 5.74) is -0.367. The number of H-pyrrole nitrogens is 1. The number of nitrogens with zero attached hydrogens (tertiary/aromatic N) is 1. The Morgan fingerprint density at radius 1 is 1.50 bits per heavy atom. The summed E-state index contributed by atoms with van der Waals surface area (Å²) >= 11 is 0. The molecule has 14 heavy (non-hydrogen) atoms. The number of rotatable bonds is 1. The Kier molecular flexibility index (Phi) is 1.78. The second-order valence-electron chi connectivity index (χ2n) is 2.76. The Morgan fingerprint density at radius 2 is 2.29 bits per heavy atom. The second-order valence-corrected chi connectivity index (χ2v) is 2.76. The Hall–Kier alpha value is -2.17. The van der Waals surface area contributed by atoms with Crippen LogP contribution in [-0.2, 0) is 0 Å². The van der Waals surface area contributed by atoms with Crippen molar-refractivity contribution >= 4 is 16.9 Å². The zero-order chi connectivity index (χ0) is 10.1. The summed E-state index contributed by atoms with van der Waals surface area (Å²) in [5.74, 6) is -1.16. The van der Waals surface area contributed by atoms with E-state index in [9.17, 15) is 9.59 Å². The third-order valence-electron chi connectivity index (χ3n) is 1.83. The molecule has 0 aromatic carbocycles. The van der Waals surface area contributed by atoms with Gasteiger partial charge in [0.25, 0.3) is 5.56 Å². The molecular formula is C9H6N2O3. The molecule has 0 saturated carbocycles. The minimum absolute atomic E-state index is 0.129. The van der Waals surface area contributed by atoms with Crippen LogP contribution in [0.25, 0.3) is 10.9 Å². The number of pyridine rings is 2. The largest absolute Gasteiger partial charge is 0.477 e. The third-order valence-corrected chi connectivity index (χ3v) is 1.83. The van der Waals surface area contributed by atoms with E-state index in [1.54, 1.807) is 12.1 Å². The highest BCUT2D eigenvalue weighted by molar-refractivity contribution is 5.90. The topological polar surface area (TPSA) is 83.0 Å². The molecule has 70 valence electrons. The summed E-state index contributed by atoms with van der Waals surface area (Å²) in [6.45, 7) is 0. The lowest BCUT2D eigenvalue weighted by molar-refractivity contribution is 0.0690. The van der Waals surface area contributed by atoms with Crippen LogP contribution in [-0.4, -0.2) is 21.0 Å². The van der Waals surface area contributed by atoms with Gasteiger partial charge in [-0.3, -0.25) is 9.78 Å². The van der Waals surface area contributed by atoms with Gasteiger partial charge in [-0.05, 0) is 12.1 Å². The summed E-state index contributed by atoms with van der Waals surface area (Å²) in [7, 11) is 0. The van der Waals surface area contributed by atoms with Crippen molar-refractivity contribution in [3.8, 4) is 0 Å². The number of fused-ring (bicyclic) bond motifs is 1. The first-order chi connectivity index (χ1) is 6.68. The second kappa shape index (κ2) is 2.95. The van der Waals surface area contributed by atoms with Crippen molar-refractivity contribution < 1.29 is 9.90 Å². The molecule has 0 atom stereocenters. The van der Waals surface area contributed by atoms with Crippen molar-refractivity contribution in [3.63, 3.8) is 0 Å². The highest BCUT2D eigenvalue weighted by Gasteiger charge is 2.07. The standard InChI is InChI=1S/C9H6N2O3/c12-8-7-5(2-1-3-10-7)4-6(11-8)9(13)14/h1-4H,(H,11,12)(H,13,14). The number of aromatic nitrogens is 2. The maximum absolute atomic E-state index is 11.3. The number of nitrogens with one attached hydrogen (secondary N) is 1. The monoisotopic (exact) mass is 190 g/mol. The number of hydrogen-bond acceptors (Lipinski definition) is 3. The molecule has 0 bridgehead atoms. The number of aromatic amines is 1. The average Bonchev–Trinajstić information content (AvgIpc) is 2.17. The first-order valence-electron chi connectivity index (χ1n) is 3.90. The number of aromatic carboxylic acids is 1. The van der Waals surface area contributed by atoms with Gasteiger partial charge in [-0.25, -0.2) is 4.79 Å². The minimum atomic E-state index is -1.16. The van der Waals surface area contributed by atoms with Gasteiger partial charge in [0.1, 0.15) is 11.2 Å². The van der Waals surface area contributed by atoms with Crippen molar-refractivity contribution in [1.29, 1.82) is 0 Å². The Bertz CT molecular complexity index is 559. The number of hydrogen-bond donors (Lipinski definition) is 2. The summed E-state index contributed by atoms with van der Waals surface area (Å²) in [6, 6.07) is 4.67. The van der Waals surface area contributed by atoms with Crippen molar-refractivity contribution in [2.75, 3.05) is 0 Å². The number of carboxylic acids is 1. The number of carboxylic acid groups (broad SMARTS) is 1. The highest BCUT2D eigenvalue weighted by Crippen LogP contribution is 2.06. The maximum Gasteiger partial charge on any atom is 0.352 e. The van der Waals surface area contributed by atoms with Crippen LogP contribution >= 0.6 is 0 Å². The molecule has 0 aliphatic heterocycles. The van der Waals surface area contributed by atoms with Crippen molar-refractivity contribution in [3.05, 3.63) is 40.4 Å². The first kappa shape index (κ1) is 8.43. The van der Waals surface area contributed by atoms with Gasteiger partial charge in [0.05, 0.1) is 0 Å². The van der Waals surface area contributed by atoms with Crippen LogP contribution < -0.4 is 5.56 Å². The van der Waals surface area contributed by atoms with Crippen molar-refractivity contribution in [2.24, 2.45) is 0 Å². The molecule has 0 radical (unpaired) electrons. The fourth-order valence-corrected chi connectivity index (χ4v) is 1.21. The van der Waals surface area contributed by atoms with E-state index in [1.807, 2.05) is 0 Å². The fourth-order valence-electron chi connectivity index (χ4n) is 1.21. The summed E-state index contributed by atoms with van der Waals surface area (Å²) in [4.78, 5) is 28.0. The summed E-state index contributed by atoms with van der Waals surface area (Å²) < 4.78 is 0. The molecule has 2 heterocycles. The zero-order valence-electron chi connectivity index (χ0n) is 7.02.